The first-order valence-corrected chi connectivity index (χ1v) is 6.73. The van der Waals surface area contributed by atoms with Gasteiger partial charge in [0.25, 0.3) is 11.2 Å². The summed E-state index contributed by atoms with van der Waals surface area (Å²) < 4.78 is 0. The van der Waals surface area contributed by atoms with E-state index in [1.54, 1.807) is 24.3 Å². The number of aromatic nitrogens is 2. The second-order valence-electron chi connectivity index (χ2n) is 4.87. The molecule has 2 heterocycles. The zero-order valence-corrected chi connectivity index (χ0v) is 12.0. The Labute approximate surface area is 133 Å². The van der Waals surface area contributed by atoms with E-state index in [1.165, 1.54) is 18.2 Å². The fraction of sp³-hybridized carbons (Fsp3) is 0. The van der Waals surface area contributed by atoms with Crippen LogP contribution in [0.5, 0.6) is 5.88 Å². The fourth-order valence-corrected chi connectivity index (χ4v) is 2.14. The van der Waals surface area contributed by atoms with Crippen LogP contribution in [-0.4, -0.2) is 25.7 Å². The maximum Gasteiger partial charge on any atom is 0.328 e. The third-order valence-electron chi connectivity index (χ3n) is 3.29. The maximum absolute atomic E-state index is 11.7. The number of H-pyrrole nitrogens is 2. The number of hydrogen-bond donors (Lipinski definition) is 3. The van der Waals surface area contributed by atoms with E-state index in [0.29, 0.717) is 17.0 Å². The molecule has 0 unspecified atom stereocenters. The van der Waals surface area contributed by atoms with Crippen molar-refractivity contribution in [3.8, 4) is 5.88 Å². The fourth-order valence-electron chi connectivity index (χ4n) is 2.14. The number of allylic oxidation sites excluding steroid dienone is 2. The van der Waals surface area contributed by atoms with Crippen LogP contribution in [0, 0.1) is 10.1 Å². The van der Waals surface area contributed by atoms with Gasteiger partial charge in [-0.15, -0.1) is 0 Å². The number of nitro benzene ring substituents is 1. The van der Waals surface area contributed by atoms with Gasteiger partial charge in [0.1, 0.15) is 5.56 Å². The minimum Gasteiger partial charge on any atom is -0.494 e. The number of aliphatic imine (C=N–C) groups is 1. The highest BCUT2D eigenvalue weighted by atomic mass is 16.6. The van der Waals surface area contributed by atoms with Gasteiger partial charge in [-0.1, -0.05) is 0 Å². The molecule has 1 aliphatic rings. The van der Waals surface area contributed by atoms with Crippen molar-refractivity contribution in [2.45, 2.75) is 0 Å². The van der Waals surface area contributed by atoms with Crippen LogP contribution < -0.4 is 11.2 Å². The topological polar surface area (TPSA) is 141 Å². The van der Waals surface area contributed by atoms with Crippen molar-refractivity contribution in [2.75, 3.05) is 0 Å². The summed E-state index contributed by atoms with van der Waals surface area (Å²) in [4.78, 5) is 41.2. The van der Waals surface area contributed by atoms with Crippen LogP contribution in [0.2, 0.25) is 0 Å². The van der Waals surface area contributed by atoms with Crippen LogP contribution in [0.4, 0.5) is 5.69 Å². The number of benzene rings is 1. The maximum atomic E-state index is 11.7. The number of nitro groups is 1. The van der Waals surface area contributed by atoms with Gasteiger partial charge in [0.05, 0.1) is 16.3 Å². The van der Waals surface area contributed by atoms with Crippen LogP contribution in [0.3, 0.4) is 0 Å². The number of rotatable bonds is 3. The van der Waals surface area contributed by atoms with Gasteiger partial charge in [0, 0.05) is 17.7 Å². The van der Waals surface area contributed by atoms with Crippen molar-refractivity contribution >= 4 is 17.5 Å². The van der Waals surface area contributed by atoms with Crippen LogP contribution in [0.1, 0.15) is 11.1 Å². The van der Waals surface area contributed by atoms with E-state index in [0.717, 1.165) is 0 Å². The van der Waals surface area contributed by atoms with Gasteiger partial charge in [-0.3, -0.25) is 24.9 Å². The molecule has 1 aliphatic heterocycles. The van der Waals surface area contributed by atoms with Gasteiger partial charge in [-0.25, -0.2) is 9.79 Å². The molecule has 0 bridgehead atoms. The predicted molar refractivity (Wildman–Crippen MR) is 86.1 cm³/mol. The second-order valence-corrected chi connectivity index (χ2v) is 4.87. The first-order chi connectivity index (χ1) is 11.4. The van der Waals surface area contributed by atoms with Crippen molar-refractivity contribution in [1.29, 1.82) is 0 Å². The summed E-state index contributed by atoms with van der Waals surface area (Å²) in [6.07, 6.45) is 4.60. The normalized spacial score (nSPS) is 14.8. The highest BCUT2D eigenvalue weighted by molar-refractivity contribution is 6.11. The average Bonchev–Trinajstić information content (AvgIpc) is 2.99. The van der Waals surface area contributed by atoms with Crippen molar-refractivity contribution < 1.29 is 10.0 Å². The van der Waals surface area contributed by atoms with Crippen molar-refractivity contribution in [2.24, 2.45) is 4.99 Å². The minimum absolute atomic E-state index is 0.0261. The summed E-state index contributed by atoms with van der Waals surface area (Å²) in [6.45, 7) is 0. The molecule has 0 amide bonds. The molecular formula is C15H10N4O5. The monoisotopic (exact) mass is 326 g/mol. The van der Waals surface area contributed by atoms with E-state index in [9.17, 15) is 24.8 Å². The van der Waals surface area contributed by atoms with E-state index >= 15 is 0 Å². The van der Waals surface area contributed by atoms with Crippen LogP contribution in [0.25, 0.3) is 6.08 Å². The van der Waals surface area contributed by atoms with Crippen LogP contribution >= 0.6 is 0 Å². The highest BCUT2D eigenvalue weighted by Crippen LogP contribution is 2.20. The standard InChI is InChI=1S/C15H10N4O5/c20-13-11(14(21)18-15(22)17-13)7-9-3-6-12(16-9)8-1-4-10(5-2-8)19(23)24/h1-7H,(H3,17,18,20,21,22). The molecule has 0 spiro atoms. The Bertz CT molecular complexity index is 1030. The van der Waals surface area contributed by atoms with Crippen molar-refractivity contribution in [1.82, 2.24) is 9.97 Å². The second kappa shape index (κ2) is 5.80. The smallest absolute Gasteiger partial charge is 0.328 e. The zero-order chi connectivity index (χ0) is 17.3. The van der Waals surface area contributed by atoms with Crippen molar-refractivity contribution in [3.63, 3.8) is 0 Å². The lowest BCUT2D eigenvalue weighted by molar-refractivity contribution is -0.384. The molecule has 1 aromatic carbocycles. The molecule has 0 radical (unpaired) electrons. The molecule has 24 heavy (non-hydrogen) atoms. The van der Waals surface area contributed by atoms with E-state index in [2.05, 4.69) is 9.98 Å². The molecule has 2 aromatic rings. The molecule has 3 N–H and O–H groups in total. The quantitative estimate of drug-likeness (QED) is 0.571. The highest BCUT2D eigenvalue weighted by Gasteiger charge is 2.12. The summed E-state index contributed by atoms with van der Waals surface area (Å²) in [5.41, 5.74) is -0.0925. The lowest BCUT2D eigenvalue weighted by Gasteiger charge is -1.99. The summed E-state index contributed by atoms with van der Waals surface area (Å²) in [5, 5.41) is 20.3. The number of non-ortho nitro benzene ring substituents is 1. The summed E-state index contributed by atoms with van der Waals surface area (Å²) in [6, 6.07) is 5.86. The Morgan fingerprint density at radius 3 is 2.46 bits per heavy atom. The largest absolute Gasteiger partial charge is 0.494 e. The Kier molecular flexibility index (Phi) is 3.66. The number of aromatic amines is 2. The van der Waals surface area contributed by atoms with E-state index < -0.39 is 22.1 Å². The molecule has 0 atom stereocenters. The Morgan fingerprint density at radius 2 is 1.83 bits per heavy atom. The minimum atomic E-state index is -0.809. The van der Waals surface area contributed by atoms with Crippen LogP contribution in [-0.2, 0) is 0 Å². The number of nitrogens with one attached hydrogen (secondary N) is 2. The molecule has 1 aromatic heterocycles. The molecular weight excluding hydrogens is 316 g/mol. The first kappa shape index (κ1) is 15.2. The summed E-state index contributed by atoms with van der Waals surface area (Å²) >= 11 is 0. The Morgan fingerprint density at radius 1 is 1.12 bits per heavy atom. The average molecular weight is 326 g/mol. The zero-order valence-electron chi connectivity index (χ0n) is 12.0. The molecule has 0 fully saturated rings. The van der Waals surface area contributed by atoms with Gasteiger partial charge < -0.3 is 5.11 Å². The van der Waals surface area contributed by atoms with Gasteiger partial charge >= 0.3 is 5.69 Å². The van der Waals surface area contributed by atoms with E-state index in [4.69, 9.17) is 0 Å². The predicted octanol–water partition coefficient (Wildman–Crippen LogP) is 1.08. The van der Waals surface area contributed by atoms with E-state index in [-0.39, 0.29) is 11.3 Å². The van der Waals surface area contributed by atoms with Crippen LogP contribution in [0.15, 0.2) is 56.7 Å². The SMILES string of the molecule is O=c1[nH]c(O)c(C=C2C=CC(c3ccc([N+](=O)[O-])cc3)=N2)c(=O)[nH]1. The van der Waals surface area contributed by atoms with Crippen molar-refractivity contribution in [3.05, 3.63) is 84.2 Å². The van der Waals surface area contributed by atoms with Gasteiger partial charge in [-0.05, 0) is 30.4 Å². The molecule has 3 rings (SSSR count). The van der Waals surface area contributed by atoms with Gasteiger partial charge in [0.2, 0.25) is 5.88 Å². The number of nitrogens with zero attached hydrogens (tertiary/aromatic N) is 2. The lowest BCUT2D eigenvalue weighted by atomic mass is 10.1. The molecule has 0 saturated carbocycles. The molecule has 0 aliphatic carbocycles. The number of aromatic hydroxyl groups is 1. The van der Waals surface area contributed by atoms with Gasteiger partial charge in [-0.2, -0.15) is 0 Å². The van der Waals surface area contributed by atoms with E-state index in [1.807, 2.05) is 4.98 Å². The lowest BCUT2D eigenvalue weighted by Crippen LogP contribution is -2.23. The van der Waals surface area contributed by atoms with Gasteiger partial charge in [0.15, 0.2) is 0 Å². The third kappa shape index (κ3) is 2.90. The molecule has 120 valence electrons. The molecule has 9 heteroatoms. The molecule has 9 nitrogen and oxygen atoms in total. The molecule has 0 saturated heterocycles. The third-order valence-corrected chi connectivity index (χ3v) is 3.29. The first-order valence-electron chi connectivity index (χ1n) is 6.73. The summed E-state index contributed by atoms with van der Waals surface area (Å²) in [7, 11) is 0. The Balaban J connectivity index is 1.94. The summed E-state index contributed by atoms with van der Waals surface area (Å²) in [5.74, 6) is -0.552. The Hall–Kier alpha value is -3.75. The number of hydrogen-bond acceptors (Lipinski definition) is 6.